The molecule has 1 N–H and O–H groups in total. The SMILES string of the molecule is c1ccc(OCc2ccc(-c3noc([C@@H]4CNCCO4)n3)cc2)cc1. The van der Waals surface area contributed by atoms with Gasteiger partial charge in [-0.05, 0) is 17.7 Å². The Labute approximate surface area is 145 Å². The summed E-state index contributed by atoms with van der Waals surface area (Å²) in [6.07, 6.45) is -0.173. The van der Waals surface area contributed by atoms with Crippen molar-refractivity contribution >= 4 is 0 Å². The molecule has 2 aromatic carbocycles. The molecule has 1 fully saturated rings. The molecule has 128 valence electrons. The lowest BCUT2D eigenvalue weighted by Crippen LogP contribution is -2.33. The molecule has 25 heavy (non-hydrogen) atoms. The third kappa shape index (κ3) is 3.87. The molecule has 4 rings (SSSR count). The predicted molar refractivity (Wildman–Crippen MR) is 92.1 cm³/mol. The lowest BCUT2D eigenvalue weighted by molar-refractivity contribution is 0.00755. The number of morpholine rings is 1. The molecule has 0 radical (unpaired) electrons. The summed E-state index contributed by atoms with van der Waals surface area (Å²) >= 11 is 0. The first-order valence-corrected chi connectivity index (χ1v) is 8.31. The average molecular weight is 337 g/mol. The van der Waals surface area contributed by atoms with Gasteiger partial charge < -0.3 is 19.3 Å². The van der Waals surface area contributed by atoms with E-state index in [9.17, 15) is 0 Å². The summed E-state index contributed by atoms with van der Waals surface area (Å²) in [5, 5.41) is 7.31. The highest BCUT2D eigenvalue weighted by atomic mass is 16.5. The van der Waals surface area contributed by atoms with Gasteiger partial charge in [0.15, 0.2) is 0 Å². The van der Waals surface area contributed by atoms with Gasteiger partial charge in [-0.1, -0.05) is 47.6 Å². The minimum Gasteiger partial charge on any atom is -0.489 e. The monoisotopic (exact) mass is 337 g/mol. The van der Waals surface area contributed by atoms with Crippen LogP contribution in [0.5, 0.6) is 5.75 Å². The second-order valence-corrected chi connectivity index (χ2v) is 5.82. The van der Waals surface area contributed by atoms with E-state index in [1.165, 1.54) is 0 Å². The van der Waals surface area contributed by atoms with Crippen LogP contribution in [0.1, 0.15) is 17.6 Å². The van der Waals surface area contributed by atoms with Crippen LogP contribution in [-0.4, -0.2) is 29.8 Å². The maximum Gasteiger partial charge on any atom is 0.257 e. The Hall–Kier alpha value is -2.70. The maximum atomic E-state index is 5.75. The van der Waals surface area contributed by atoms with Gasteiger partial charge in [0.2, 0.25) is 5.82 Å². The van der Waals surface area contributed by atoms with Crippen molar-refractivity contribution in [1.29, 1.82) is 0 Å². The summed E-state index contributed by atoms with van der Waals surface area (Å²) < 4.78 is 16.7. The van der Waals surface area contributed by atoms with Crippen LogP contribution in [0.25, 0.3) is 11.4 Å². The van der Waals surface area contributed by atoms with E-state index in [4.69, 9.17) is 14.0 Å². The predicted octanol–water partition coefficient (Wildman–Crippen LogP) is 2.98. The summed E-state index contributed by atoms with van der Waals surface area (Å²) in [5.74, 6) is 1.94. The zero-order valence-electron chi connectivity index (χ0n) is 13.7. The molecular formula is C19H19N3O3. The molecule has 0 amide bonds. The van der Waals surface area contributed by atoms with Crippen LogP contribution < -0.4 is 10.1 Å². The van der Waals surface area contributed by atoms with Crippen molar-refractivity contribution in [3.63, 3.8) is 0 Å². The number of ether oxygens (including phenoxy) is 2. The van der Waals surface area contributed by atoms with Crippen molar-refractivity contribution in [2.45, 2.75) is 12.7 Å². The molecule has 3 aromatic rings. The van der Waals surface area contributed by atoms with Crippen LogP contribution in [0.2, 0.25) is 0 Å². The fourth-order valence-corrected chi connectivity index (χ4v) is 2.64. The second-order valence-electron chi connectivity index (χ2n) is 5.82. The number of para-hydroxylation sites is 1. The molecular weight excluding hydrogens is 318 g/mol. The van der Waals surface area contributed by atoms with Gasteiger partial charge in [0, 0.05) is 18.7 Å². The first-order chi connectivity index (χ1) is 12.4. The highest BCUT2D eigenvalue weighted by molar-refractivity contribution is 5.54. The Morgan fingerprint density at radius 2 is 1.92 bits per heavy atom. The van der Waals surface area contributed by atoms with Crippen LogP contribution in [0.4, 0.5) is 0 Å². The van der Waals surface area contributed by atoms with E-state index in [1.807, 2.05) is 54.6 Å². The molecule has 1 atom stereocenters. The fourth-order valence-electron chi connectivity index (χ4n) is 2.64. The molecule has 6 heteroatoms. The van der Waals surface area contributed by atoms with E-state index in [-0.39, 0.29) is 6.10 Å². The molecule has 0 spiro atoms. The number of benzene rings is 2. The van der Waals surface area contributed by atoms with Crippen molar-refractivity contribution in [3.05, 3.63) is 66.1 Å². The van der Waals surface area contributed by atoms with E-state index in [1.54, 1.807) is 0 Å². The minimum atomic E-state index is -0.173. The lowest BCUT2D eigenvalue weighted by Gasteiger charge is -2.19. The van der Waals surface area contributed by atoms with Gasteiger partial charge in [-0.15, -0.1) is 0 Å². The van der Waals surface area contributed by atoms with E-state index in [0.29, 0.717) is 31.5 Å². The summed E-state index contributed by atoms with van der Waals surface area (Å²) in [5.41, 5.74) is 1.98. The summed E-state index contributed by atoms with van der Waals surface area (Å²) in [6.45, 7) is 2.71. The Morgan fingerprint density at radius 1 is 1.08 bits per heavy atom. The molecule has 0 saturated carbocycles. The number of nitrogens with one attached hydrogen (secondary N) is 1. The minimum absolute atomic E-state index is 0.173. The third-order valence-electron chi connectivity index (χ3n) is 4.01. The molecule has 1 aliphatic heterocycles. The van der Waals surface area contributed by atoms with Gasteiger partial charge >= 0.3 is 0 Å². The Morgan fingerprint density at radius 3 is 2.68 bits per heavy atom. The molecule has 2 heterocycles. The quantitative estimate of drug-likeness (QED) is 0.772. The van der Waals surface area contributed by atoms with Gasteiger partial charge in [-0.2, -0.15) is 4.98 Å². The standard InChI is InChI=1S/C19H19N3O3/c1-2-4-16(5-3-1)24-13-14-6-8-15(9-7-14)18-21-19(25-22-18)17-12-20-10-11-23-17/h1-9,17,20H,10-13H2/t17-/m0/s1. The van der Waals surface area contributed by atoms with Crippen LogP contribution in [0, 0.1) is 0 Å². The number of hydrogen-bond donors (Lipinski definition) is 1. The molecule has 0 aliphatic carbocycles. The molecule has 0 unspecified atom stereocenters. The van der Waals surface area contributed by atoms with Crippen LogP contribution in [0.15, 0.2) is 59.1 Å². The fraction of sp³-hybridized carbons (Fsp3) is 0.263. The third-order valence-corrected chi connectivity index (χ3v) is 4.01. The van der Waals surface area contributed by atoms with Crippen molar-refractivity contribution in [3.8, 4) is 17.1 Å². The van der Waals surface area contributed by atoms with Crippen molar-refractivity contribution in [2.24, 2.45) is 0 Å². The van der Waals surface area contributed by atoms with Gasteiger partial charge in [-0.25, -0.2) is 0 Å². The first kappa shape index (κ1) is 15.8. The summed E-state index contributed by atoms with van der Waals surface area (Å²) in [6, 6.07) is 17.7. The Bertz CT molecular complexity index is 796. The van der Waals surface area contributed by atoms with Gasteiger partial charge in [0.25, 0.3) is 5.89 Å². The maximum absolute atomic E-state index is 5.75. The molecule has 1 aromatic heterocycles. The van der Waals surface area contributed by atoms with Gasteiger partial charge in [0.05, 0.1) is 6.61 Å². The number of hydrogen-bond acceptors (Lipinski definition) is 6. The lowest BCUT2D eigenvalue weighted by atomic mass is 10.1. The van der Waals surface area contributed by atoms with E-state index in [0.717, 1.165) is 23.4 Å². The zero-order valence-corrected chi connectivity index (χ0v) is 13.7. The molecule has 1 aliphatic rings. The molecule has 6 nitrogen and oxygen atoms in total. The van der Waals surface area contributed by atoms with E-state index < -0.39 is 0 Å². The number of nitrogens with zero attached hydrogens (tertiary/aromatic N) is 2. The topological polar surface area (TPSA) is 69.4 Å². The Kier molecular flexibility index (Phi) is 4.72. The summed E-state index contributed by atoms with van der Waals surface area (Å²) in [7, 11) is 0. The number of rotatable bonds is 5. The van der Waals surface area contributed by atoms with Crippen molar-refractivity contribution in [1.82, 2.24) is 15.5 Å². The molecule has 0 bridgehead atoms. The molecule has 1 saturated heterocycles. The zero-order chi connectivity index (χ0) is 16.9. The van der Waals surface area contributed by atoms with Crippen molar-refractivity contribution in [2.75, 3.05) is 19.7 Å². The highest BCUT2D eigenvalue weighted by Gasteiger charge is 2.22. The highest BCUT2D eigenvalue weighted by Crippen LogP contribution is 2.22. The van der Waals surface area contributed by atoms with Crippen LogP contribution in [-0.2, 0) is 11.3 Å². The average Bonchev–Trinajstić information content (AvgIpc) is 3.19. The van der Waals surface area contributed by atoms with Crippen molar-refractivity contribution < 1.29 is 14.0 Å². The van der Waals surface area contributed by atoms with E-state index >= 15 is 0 Å². The normalized spacial score (nSPS) is 17.4. The Balaban J connectivity index is 1.40. The first-order valence-electron chi connectivity index (χ1n) is 8.31. The smallest absolute Gasteiger partial charge is 0.257 e. The van der Waals surface area contributed by atoms with E-state index in [2.05, 4.69) is 15.5 Å². The van der Waals surface area contributed by atoms with Crippen LogP contribution in [0.3, 0.4) is 0 Å². The van der Waals surface area contributed by atoms with Gasteiger partial charge in [-0.3, -0.25) is 0 Å². The second kappa shape index (κ2) is 7.46. The largest absolute Gasteiger partial charge is 0.489 e. The van der Waals surface area contributed by atoms with Gasteiger partial charge in [0.1, 0.15) is 18.5 Å². The van der Waals surface area contributed by atoms with Crippen LogP contribution >= 0.6 is 0 Å². The summed E-state index contributed by atoms with van der Waals surface area (Å²) in [4.78, 5) is 4.45. The number of aromatic nitrogens is 2.